The highest BCUT2D eigenvalue weighted by molar-refractivity contribution is 8.13. The zero-order valence-corrected chi connectivity index (χ0v) is 11.7. The van der Waals surface area contributed by atoms with Crippen LogP contribution in [0.2, 0.25) is 0 Å². The highest BCUT2D eigenvalue weighted by Crippen LogP contribution is 2.22. The number of rotatable bonds is 4. The Bertz CT molecular complexity index is 561. The predicted molar refractivity (Wildman–Crippen MR) is 83.1 cm³/mol. The van der Waals surface area contributed by atoms with Gasteiger partial charge in [-0.25, -0.2) is 4.99 Å². The van der Waals surface area contributed by atoms with Crippen LogP contribution in [0.25, 0.3) is 5.69 Å². The summed E-state index contributed by atoms with van der Waals surface area (Å²) in [5.41, 5.74) is 14.6. The largest absolute Gasteiger partial charge is 0.378 e. The third-order valence-electron chi connectivity index (χ3n) is 2.70. The number of nitrogens with two attached hydrogens (primary N) is 2. The summed E-state index contributed by atoms with van der Waals surface area (Å²) in [7, 11) is 0. The van der Waals surface area contributed by atoms with Crippen LogP contribution in [0.3, 0.4) is 0 Å². The molecule has 0 saturated heterocycles. The van der Waals surface area contributed by atoms with Gasteiger partial charge in [-0.2, -0.15) is 0 Å². The number of thioether (sulfide) groups is 1. The first-order valence-electron chi connectivity index (χ1n) is 6.18. The van der Waals surface area contributed by atoms with Gasteiger partial charge in [0, 0.05) is 24.6 Å². The van der Waals surface area contributed by atoms with Crippen LogP contribution in [0.5, 0.6) is 0 Å². The maximum atomic E-state index is 5.82. The molecule has 1 aromatic heterocycles. The first-order chi connectivity index (χ1) is 9.24. The number of benzene rings is 1. The standard InChI is InChI=1S/C14H18N4S/c1-2-19-14(16)17-12-5-6-13(11(9-12)10-15)18-7-3-4-8-18/h3-9H,2,10,15H2,1H3,(H2,16,17). The van der Waals surface area contributed by atoms with Crippen molar-refractivity contribution in [1.82, 2.24) is 4.57 Å². The molecule has 1 heterocycles. The minimum absolute atomic E-state index is 0.470. The molecule has 4 nitrogen and oxygen atoms in total. The van der Waals surface area contributed by atoms with E-state index in [1.54, 1.807) is 0 Å². The Hall–Kier alpha value is -1.72. The number of aromatic nitrogens is 1. The second-order valence-corrected chi connectivity index (χ2v) is 5.27. The lowest BCUT2D eigenvalue weighted by molar-refractivity contribution is 0.992. The summed E-state index contributed by atoms with van der Waals surface area (Å²) < 4.78 is 2.04. The second-order valence-electron chi connectivity index (χ2n) is 3.99. The lowest BCUT2D eigenvalue weighted by Crippen LogP contribution is -2.06. The molecule has 0 aliphatic carbocycles. The molecular formula is C14H18N4S. The van der Waals surface area contributed by atoms with E-state index in [1.807, 2.05) is 54.2 Å². The topological polar surface area (TPSA) is 69.3 Å². The summed E-state index contributed by atoms with van der Waals surface area (Å²) in [6.45, 7) is 2.52. The van der Waals surface area contributed by atoms with Gasteiger partial charge in [-0.05, 0) is 41.6 Å². The Morgan fingerprint density at radius 2 is 2.05 bits per heavy atom. The summed E-state index contributed by atoms with van der Waals surface area (Å²) in [5, 5.41) is 0.583. The van der Waals surface area contributed by atoms with E-state index >= 15 is 0 Å². The zero-order chi connectivity index (χ0) is 13.7. The van der Waals surface area contributed by atoms with E-state index in [1.165, 1.54) is 11.8 Å². The molecule has 0 unspecified atom stereocenters. The summed E-state index contributed by atoms with van der Waals surface area (Å²) >= 11 is 1.53. The van der Waals surface area contributed by atoms with E-state index < -0.39 is 0 Å². The van der Waals surface area contributed by atoms with Crippen molar-refractivity contribution in [1.29, 1.82) is 0 Å². The van der Waals surface area contributed by atoms with Crippen molar-refractivity contribution in [3.05, 3.63) is 48.3 Å². The van der Waals surface area contributed by atoms with Gasteiger partial charge in [0.15, 0.2) is 5.17 Å². The fourth-order valence-electron chi connectivity index (χ4n) is 1.86. The Morgan fingerprint density at radius 1 is 1.32 bits per heavy atom. The van der Waals surface area contributed by atoms with Crippen LogP contribution in [-0.4, -0.2) is 15.5 Å². The van der Waals surface area contributed by atoms with Gasteiger partial charge in [-0.3, -0.25) is 0 Å². The first-order valence-corrected chi connectivity index (χ1v) is 7.16. The molecule has 0 radical (unpaired) electrons. The summed E-state index contributed by atoms with van der Waals surface area (Å²) in [6, 6.07) is 9.94. The molecule has 1 aromatic carbocycles. The van der Waals surface area contributed by atoms with Crippen LogP contribution in [0, 0.1) is 0 Å². The van der Waals surface area contributed by atoms with Crippen LogP contribution in [0.15, 0.2) is 47.7 Å². The van der Waals surface area contributed by atoms with E-state index in [0.717, 1.165) is 22.7 Å². The van der Waals surface area contributed by atoms with E-state index in [0.29, 0.717) is 11.7 Å². The quantitative estimate of drug-likeness (QED) is 0.665. The number of hydrogen-bond donors (Lipinski definition) is 2. The van der Waals surface area contributed by atoms with Gasteiger partial charge in [0.05, 0.1) is 5.69 Å². The van der Waals surface area contributed by atoms with Crippen molar-refractivity contribution in [2.24, 2.45) is 16.5 Å². The molecule has 4 N–H and O–H groups in total. The molecule has 0 bridgehead atoms. The Kier molecular flexibility index (Phi) is 4.65. The molecule has 0 amide bonds. The lowest BCUT2D eigenvalue weighted by atomic mass is 10.1. The van der Waals surface area contributed by atoms with Gasteiger partial charge >= 0.3 is 0 Å². The highest BCUT2D eigenvalue weighted by Gasteiger charge is 2.04. The van der Waals surface area contributed by atoms with Crippen LogP contribution < -0.4 is 11.5 Å². The molecule has 0 saturated carbocycles. The number of aliphatic imine (C=N–C) groups is 1. The maximum absolute atomic E-state index is 5.82. The fourth-order valence-corrected chi connectivity index (χ4v) is 2.33. The molecule has 2 rings (SSSR count). The van der Waals surface area contributed by atoms with Gasteiger partial charge in [-0.1, -0.05) is 18.7 Å². The number of amidine groups is 1. The number of nitrogens with zero attached hydrogens (tertiary/aromatic N) is 2. The van der Waals surface area contributed by atoms with Crippen molar-refractivity contribution in [3.8, 4) is 5.69 Å². The summed E-state index contributed by atoms with van der Waals surface area (Å²) in [6.07, 6.45) is 4.00. The molecular weight excluding hydrogens is 256 g/mol. The molecule has 5 heteroatoms. The number of hydrogen-bond acceptors (Lipinski definition) is 3. The molecule has 0 aliphatic heterocycles. The molecule has 2 aromatic rings. The van der Waals surface area contributed by atoms with Gasteiger partial charge < -0.3 is 16.0 Å². The van der Waals surface area contributed by atoms with Crippen molar-refractivity contribution >= 4 is 22.6 Å². The molecule has 0 fully saturated rings. The van der Waals surface area contributed by atoms with Crippen molar-refractivity contribution in [3.63, 3.8) is 0 Å². The van der Waals surface area contributed by atoms with E-state index in [2.05, 4.69) is 4.99 Å². The minimum Gasteiger partial charge on any atom is -0.378 e. The minimum atomic E-state index is 0.470. The summed E-state index contributed by atoms with van der Waals surface area (Å²) in [4.78, 5) is 4.37. The predicted octanol–water partition coefficient (Wildman–Crippen LogP) is 2.64. The third-order valence-corrected chi connectivity index (χ3v) is 3.37. The molecule has 0 atom stereocenters. The van der Waals surface area contributed by atoms with Crippen LogP contribution in [0.4, 0.5) is 5.69 Å². The first kappa shape index (κ1) is 13.7. The van der Waals surface area contributed by atoms with E-state index in [9.17, 15) is 0 Å². The lowest BCUT2D eigenvalue weighted by Gasteiger charge is -2.10. The smallest absolute Gasteiger partial charge is 0.159 e. The van der Waals surface area contributed by atoms with Crippen LogP contribution >= 0.6 is 11.8 Å². The summed E-state index contributed by atoms with van der Waals surface area (Å²) in [5.74, 6) is 0.917. The van der Waals surface area contributed by atoms with Crippen molar-refractivity contribution in [2.45, 2.75) is 13.5 Å². The Labute approximate surface area is 117 Å². The molecule has 0 aliphatic rings. The SMILES string of the molecule is CCSC(N)=Nc1ccc(-n2cccc2)c(CN)c1. The van der Waals surface area contributed by atoms with Gasteiger partial charge in [-0.15, -0.1) is 0 Å². The van der Waals surface area contributed by atoms with Gasteiger partial charge in [0.2, 0.25) is 0 Å². The average molecular weight is 274 g/mol. The van der Waals surface area contributed by atoms with Crippen LogP contribution in [0.1, 0.15) is 12.5 Å². The average Bonchev–Trinajstić information content (AvgIpc) is 2.92. The highest BCUT2D eigenvalue weighted by atomic mass is 32.2. The van der Waals surface area contributed by atoms with E-state index in [4.69, 9.17) is 11.5 Å². The monoisotopic (exact) mass is 274 g/mol. The van der Waals surface area contributed by atoms with E-state index in [-0.39, 0.29) is 0 Å². The zero-order valence-electron chi connectivity index (χ0n) is 10.9. The second kappa shape index (κ2) is 6.45. The fraction of sp³-hybridized carbons (Fsp3) is 0.214. The van der Waals surface area contributed by atoms with Crippen molar-refractivity contribution < 1.29 is 0 Å². The van der Waals surface area contributed by atoms with Crippen LogP contribution in [-0.2, 0) is 6.54 Å². The molecule has 0 spiro atoms. The van der Waals surface area contributed by atoms with Gasteiger partial charge in [0.1, 0.15) is 0 Å². The maximum Gasteiger partial charge on any atom is 0.159 e. The van der Waals surface area contributed by atoms with Gasteiger partial charge in [0.25, 0.3) is 0 Å². The molecule has 100 valence electrons. The normalized spacial score (nSPS) is 11.8. The Balaban J connectivity index is 2.34. The van der Waals surface area contributed by atoms with Crippen molar-refractivity contribution in [2.75, 3.05) is 5.75 Å². The Morgan fingerprint density at radius 3 is 2.68 bits per heavy atom. The third kappa shape index (κ3) is 3.39. The molecule has 19 heavy (non-hydrogen) atoms.